The summed E-state index contributed by atoms with van der Waals surface area (Å²) in [6.45, 7) is 0. The molecule has 0 spiro atoms. The fourth-order valence-electron chi connectivity index (χ4n) is 8.09. The van der Waals surface area contributed by atoms with E-state index in [4.69, 9.17) is 26.5 Å². The Bertz CT molecular complexity index is 3820. The van der Waals surface area contributed by atoms with E-state index in [0.717, 1.165) is 43.8 Å². The Morgan fingerprint density at radius 2 is 0.982 bits per heavy atom. The molecule has 57 heavy (non-hydrogen) atoms. The molecule has 4 heterocycles. The molecule has 6 heteroatoms. The van der Waals surface area contributed by atoms with E-state index < -0.39 is 0 Å². The molecule has 12 aromatic rings. The summed E-state index contributed by atoms with van der Waals surface area (Å²) in [4.78, 5) is 15.4. The van der Waals surface area contributed by atoms with E-state index in [9.17, 15) is 5.48 Å². The minimum absolute atomic E-state index is 0.0859. The van der Waals surface area contributed by atoms with Crippen LogP contribution in [0.5, 0.6) is 0 Å². The molecule has 0 aliphatic carbocycles. The molecule has 0 radical (unpaired) electrons. The second kappa shape index (κ2) is 12.3. The van der Waals surface area contributed by atoms with Gasteiger partial charge in [-0.3, -0.25) is 0 Å². The van der Waals surface area contributed by atoms with Crippen molar-refractivity contribution in [1.82, 2.24) is 19.5 Å². The molecule has 0 N–H and O–H groups in total. The van der Waals surface area contributed by atoms with Crippen LogP contribution in [-0.4, -0.2) is 19.5 Å². The third-order valence-corrected chi connectivity index (χ3v) is 10.6. The topological polar surface area (TPSA) is 69.9 Å². The van der Waals surface area contributed by atoms with Gasteiger partial charge in [-0.2, -0.15) is 0 Å². The zero-order valence-electron chi connectivity index (χ0n) is 36.0. The van der Waals surface area contributed by atoms with Gasteiger partial charge < -0.3 is 13.4 Å². The summed E-state index contributed by atoms with van der Waals surface area (Å²) < 4.78 is 69.1. The second-order valence-corrected chi connectivity index (χ2v) is 13.9. The summed E-state index contributed by atoms with van der Waals surface area (Å²) in [5, 5.41) is 3.97. The van der Waals surface area contributed by atoms with Crippen molar-refractivity contribution in [2.45, 2.75) is 0 Å². The molecule has 0 aliphatic rings. The lowest BCUT2D eigenvalue weighted by atomic mass is 9.97. The predicted octanol–water partition coefficient (Wildman–Crippen LogP) is 13.4. The zero-order valence-corrected chi connectivity index (χ0v) is 30.0. The van der Waals surface area contributed by atoms with Crippen molar-refractivity contribution in [3.8, 4) is 51.0 Å². The number of fused-ring (bicyclic) bond motifs is 9. The molecule has 0 amide bonds. The Morgan fingerprint density at radius 1 is 0.404 bits per heavy atom. The molecule has 0 fully saturated rings. The van der Waals surface area contributed by atoms with Gasteiger partial charge in [0.2, 0.25) is 0 Å². The van der Waals surface area contributed by atoms with Crippen molar-refractivity contribution < 1.29 is 17.1 Å². The maximum Gasteiger partial charge on any atom is 0.166 e. The molecule has 266 valence electrons. The van der Waals surface area contributed by atoms with Crippen molar-refractivity contribution in [2.75, 3.05) is 0 Å². The van der Waals surface area contributed by atoms with E-state index in [1.54, 1.807) is 4.57 Å². The van der Waals surface area contributed by atoms with Gasteiger partial charge in [-0.1, -0.05) is 133 Å². The molecular formula is C51H30N4O2. The number of hydrogen-bond acceptors (Lipinski definition) is 5. The smallest absolute Gasteiger partial charge is 0.166 e. The minimum atomic E-state index is -0.211. The molecule has 6 nitrogen and oxygen atoms in total. The van der Waals surface area contributed by atoms with Crippen LogP contribution in [0.4, 0.5) is 0 Å². The molecule has 4 aromatic heterocycles. The highest BCUT2D eigenvalue weighted by Gasteiger charge is 2.24. The summed E-state index contributed by atoms with van der Waals surface area (Å²) in [5.74, 6) is 1.09. The first-order valence-corrected chi connectivity index (χ1v) is 18.5. The summed E-state index contributed by atoms with van der Waals surface area (Å²) in [6.07, 6.45) is 0. The highest BCUT2D eigenvalue weighted by molar-refractivity contribution is 6.13. The first kappa shape index (κ1) is 26.1. The van der Waals surface area contributed by atoms with Gasteiger partial charge in [0.15, 0.2) is 17.5 Å². The number of hydrogen-bond donors (Lipinski definition) is 0. The van der Waals surface area contributed by atoms with E-state index >= 15 is 0 Å². The van der Waals surface area contributed by atoms with Crippen LogP contribution < -0.4 is 0 Å². The van der Waals surface area contributed by atoms with Crippen LogP contribution in [0.1, 0.15) is 8.22 Å². The van der Waals surface area contributed by atoms with Crippen LogP contribution in [0.15, 0.2) is 191 Å². The molecule has 0 saturated heterocycles. The van der Waals surface area contributed by atoms with Gasteiger partial charge in [0, 0.05) is 60.1 Å². The number of rotatable bonds is 5. The number of aromatic nitrogens is 4. The summed E-state index contributed by atoms with van der Waals surface area (Å²) >= 11 is 0. The van der Waals surface area contributed by atoms with Gasteiger partial charge in [0.25, 0.3) is 0 Å². The molecule has 0 bridgehead atoms. The van der Waals surface area contributed by atoms with Crippen molar-refractivity contribution in [3.63, 3.8) is 0 Å². The molecule has 8 aromatic carbocycles. The third-order valence-electron chi connectivity index (χ3n) is 10.6. The maximum absolute atomic E-state index is 9.41. The fourth-order valence-corrected chi connectivity index (χ4v) is 8.09. The molecule has 0 atom stereocenters. The van der Waals surface area contributed by atoms with Crippen molar-refractivity contribution in [2.24, 2.45) is 0 Å². The zero-order chi connectivity index (χ0) is 42.7. The highest BCUT2D eigenvalue weighted by atomic mass is 16.3. The van der Waals surface area contributed by atoms with Gasteiger partial charge in [0.1, 0.15) is 22.3 Å². The van der Waals surface area contributed by atoms with Crippen molar-refractivity contribution in [3.05, 3.63) is 182 Å². The fraction of sp³-hybridized carbons (Fsp3) is 0. The van der Waals surface area contributed by atoms with Crippen LogP contribution in [-0.2, 0) is 0 Å². The Balaban J connectivity index is 1.24. The van der Waals surface area contributed by atoms with E-state index in [0.29, 0.717) is 45.2 Å². The van der Waals surface area contributed by atoms with Crippen molar-refractivity contribution >= 4 is 65.7 Å². The summed E-state index contributed by atoms with van der Waals surface area (Å²) in [7, 11) is 0. The average molecular weight is 737 g/mol. The monoisotopic (exact) mass is 736 g/mol. The van der Waals surface area contributed by atoms with Crippen LogP contribution in [0.3, 0.4) is 0 Å². The van der Waals surface area contributed by atoms with Gasteiger partial charge in [0.05, 0.1) is 24.9 Å². The summed E-state index contributed by atoms with van der Waals surface area (Å²) in [5.41, 5.74) is 6.99. The standard InChI is InChI=1S/C51H30N4O2/c1-2-14-31(15-3-1)49-52-50(32-28-29-46-41(30-32)36-19-7-10-26-44(36)56-46)54-51(53-49)40-23-12-20-37(39-22-13-21-38-35-18-6-11-27-45(35)57-48(38)39)47(40)55-42-24-8-4-16-33(42)34-17-5-9-25-43(34)55/h1-30H/i4D,5D,16D,17D,24D,25D. The predicted molar refractivity (Wildman–Crippen MR) is 230 cm³/mol. The Hall–Kier alpha value is -7.83. The van der Waals surface area contributed by atoms with Gasteiger partial charge >= 0.3 is 0 Å². The van der Waals surface area contributed by atoms with Gasteiger partial charge in [-0.05, 0) is 48.5 Å². The first-order chi connectivity index (χ1) is 30.7. The van der Waals surface area contributed by atoms with E-state index in [1.165, 1.54) is 12.1 Å². The third kappa shape index (κ3) is 4.87. The number of benzene rings is 8. The minimum Gasteiger partial charge on any atom is -0.456 e. The number of para-hydroxylation sites is 6. The molecule has 0 saturated carbocycles. The lowest BCUT2D eigenvalue weighted by Gasteiger charge is -2.19. The molecule has 0 unspecified atom stereocenters. The van der Waals surface area contributed by atoms with E-state index in [2.05, 4.69) is 0 Å². The van der Waals surface area contributed by atoms with Crippen LogP contribution in [0.25, 0.3) is 117 Å². The van der Waals surface area contributed by atoms with E-state index in [-0.39, 0.29) is 63.9 Å². The Kier molecular flexibility index (Phi) is 5.64. The molecule has 0 aliphatic heterocycles. The lowest BCUT2D eigenvalue weighted by Crippen LogP contribution is -2.05. The normalized spacial score (nSPS) is 13.3. The van der Waals surface area contributed by atoms with Gasteiger partial charge in [-0.15, -0.1) is 0 Å². The highest BCUT2D eigenvalue weighted by Crippen LogP contribution is 2.44. The van der Waals surface area contributed by atoms with Crippen LogP contribution >= 0.6 is 0 Å². The lowest BCUT2D eigenvalue weighted by molar-refractivity contribution is 0.669. The summed E-state index contributed by atoms with van der Waals surface area (Å²) in [6, 6.07) is 44.4. The quantitative estimate of drug-likeness (QED) is 0.176. The largest absolute Gasteiger partial charge is 0.456 e. The van der Waals surface area contributed by atoms with Crippen LogP contribution in [0.2, 0.25) is 0 Å². The maximum atomic E-state index is 9.41. The molecular weight excluding hydrogens is 701 g/mol. The van der Waals surface area contributed by atoms with Crippen molar-refractivity contribution in [1.29, 1.82) is 0 Å². The Morgan fingerprint density at radius 3 is 1.75 bits per heavy atom. The molecule has 12 rings (SSSR count). The number of furan rings is 2. The number of nitrogens with zero attached hydrogens (tertiary/aromatic N) is 4. The first-order valence-electron chi connectivity index (χ1n) is 21.5. The second-order valence-electron chi connectivity index (χ2n) is 13.9. The average Bonchev–Trinajstić information content (AvgIpc) is 4.00. The van der Waals surface area contributed by atoms with Crippen LogP contribution in [0, 0.1) is 0 Å². The van der Waals surface area contributed by atoms with E-state index in [1.807, 2.05) is 133 Å². The van der Waals surface area contributed by atoms with Gasteiger partial charge in [-0.25, -0.2) is 15.0 Å². The SMILES string of the molecule is [2H]c1cc([2H])c2c(c1[2H])c1c([2H])c([2H])cc([2H])c1n2-c1c(-c2nc(-c3ccccc3)nc(-c3ccc4oc5ccccc5c4c3)n2)cccc1-c1cccc2c1oc1ccccc12. The Labute approximate surface area is 334 Å².